The van der Waals surface area contributed by atoms with Gasteiger partial charge in [0.25, 0.3) is 0 Å². The molecule has 1 aromatic heterocycles. The van der Waals surface area contributed by atoms with Gasteiger partial charge in [0.1, 0.15) is 5.82 Å². The molecule has 2 aromatic rings. The quantitative estimate of drug-likeness (QED) is 0.845. The smallest absolute Gasteiger partial charge is 0.123 e. The SMILES string of the molecule is CN(Cc1cc(F)ccc1-n1cccn1)CC1COCCO1. The highest BCUT2D eigenvalue weighted by molar-refractivity contribution is 5.40. The fraction of sp³-hybridized carbons (Fsp3) is 0.438. The highest BCUT2D eigenvalue weighted by atomic mass is 19.1. The minimum atomic E-state index is -0.239. The Kier molecular flexibility index (Phi) is 4.82. The lowest BCUT2D eigenvalue weighted by atomic mass is 10.1. The van der Waals surface area contributed by atoms with Gasteiger partial charge in [-0.05, 0) is 36.9 Å². The molecule has 1 atom stereocenters. The molecule has 2 heterocycles. The van der Waals surface area contributed by atoms with E-state index in [0.717, 1.165) is 17.8 Å². The van der Waals surface area contributed by atoms with Gasteiger partial charge in [-0.1, -0.05) is 0 Å². The van der Waals surface area contributed by atoms with E-state index < -0.39 is 0 Å². The van der Waals surface area contributed by atoms with E-state index in [1.54, 1.807) is 23.0 Å². The number of hydrogen-bond donors (Lipinski definition) is 0. The molecule has 0 radical (unpaired) electrons. The van der Waals surface area contributed by atoms with Crippen LogP contribution in [0.15, 0.2) is 36.7 Å². The summed E-state index contributed by atoms with van der Waals surface area (Å²) in [4.78, 5) is 2.11. The van der Waals surface area contributed by atoms with Crippen molar-refractivity contribution in [1.82, 2.24) is 14.7 Å². The zero-order chi connectivity index (χ0) is 15.4. The number of hydrogen-bond acceptors (Lipinski definition) is 4. The average Bonchev–Trinajstić information content (AvgIpc) is 3.02. The molecule has 0 amide bonds. The maximum absolute atomic E-state index is 13.6. The summed E-state index contributed by atoms with van der Waals surface area (Å²) in [5, 5.41) is 4.23. The van der Waals surface area contributed by atoms with Gasteiger partial charge in [0, 0.05) is 25.5 Å². The van der Waals surface area contributed by atoms with E-state index in [2.05, 4.69) is 10.00 Å². The number of aromatic nitrogens is 2. The van der Waals surface area contributed by atoms with Crippen LogP contribution in [0.1, 0.15) is 5.56 Å². The van der Waals surface area contributed by atoms with Crippen molar-refractivity contribution in [3.8, 4) is 5.69 Å². The van der Waals surface area contributed by atoms with E-state index in [4.69, 9.17) is 9.47 Å². The first-order chi connectivity index (χ1) is 10.7. The third-order valence-corrected chi connectivity index (χ3v) is 3.63. The Labute approximate surface area is 129 Å². The van der Waals surface area contributed by atoms with Crippen molar-refractivity contribution >= 4 is 0 Å². The van der Waals surface area contributed by atoms with Crippen LogP contribution in [0.5, 0.6) is 0 Å². The lowest BCUT2D eigenvalue weighted by Gasteiger charge is -2.27. The fourth-order valence-electron chi connectivity index (χ4n) is 2.66. The standard InChI is InChI=1S/C16H20FN3O2/c1-19(11-15-12-21-7-8-22-15)10-13-9-14(17)3-4-16(13)20-6-2-5-18-20/h2-6,9,15H,7-8,10-12H2,1H3. The lowest BCUT2D eigenvalue weighted by molar-refractivity contribution is -0.0962. The molecule has 1 aliphatic rings. The summed E-state index contributed by atoms with van der Waals surface area (Å²) in [5.74, 6) is -0.239. The predicted octanol–water partition coefficient (Wildman–Crippen LogP) is 1.86. The van der Waals surface area contributed by atoms with Crippen LogP contribution in [0, 0.1) is 5.82 Å². The summed E-state index contributed by atoms with van der Waals surface area (Å²) < 4.78 is 26.4. The molecule has 0 spiro atoms. The van der Waals surface area contributed by atoms with Gasteiger partial charge in [-0.3, -0.25) is 4.90 Å². The summed E-state index contributed by atoms with van der Waals surface area (Å²) >= 11 is 0. The number of rotatable bonds is 5. The molecule has 1 aliphatic heterocycles. The number of likely N-dealkylation sites (N-methyl/N-ethyl adjacent to an activating group) is 1. The zero-order valence-electron chi connectivity index (χ0n) is 12.6. The molecule has 118 valence electrons. The van der Waals surface area contributed by atoms with Crippen LogP contribution in [0.25, 0.3) is 5.69 Å². The van der Waals surface area contributed by atoms with Crippen LogP contribution in [0.3, 0.4) is 0 Å². The monoisotopic (exact) mass is 305 g/mol. The van der Waals surface area contributed by atoms with Crippen molar-refractivity contribution in [2.75, 3.05) is 33.4 Å². The Morgan fingerprint density at radius 2 is 2.32 bits per heavy atom. The van der Waals surface area contributed by atoms with Crippen LogP contribution < -0.4 is 0 Å². The molecular weight excluding hydrogens is 285 g/mol. The minimum Gasteiger partial charge on any atom is -0.376 e. The van der Waals surface area contributed by atoms with E-state index in [-0.39, 0.29) is 11.9 Å². The van der Waals surface area contributed by atoms with E-state index in [0.29, 0.717) is 26.4 Å². The van der Waals surface area contributed by atoms with E-state index in [1.165, 1.54) is 6.07 Å². The van der Waals surface area contributed by atoms with Gasteiger partial charge < -0.3 is 9.47 Å². The second-order valence-corrected chi connectivity index (χ2v) is 5.49. The van der Waals surface area contributed by atoms with Gasteiger partial charge in [0.15, 0.2) is 0 Å². The lowest BCUT2D eigenvalue weighted by Crippen LogP contribution is -2.38. The molecular formula is C16H20FN3O2. The Balaban J connectivity index is 1.72. The zero-order valence-corrected chi connectivity index (χ0v) is 12.6. The maximum Gasteiger partial charge on any atom is 0.123 e. The first-order valence-electron chi connectivity index (χ1n) is 7.39. The van der Waals surface area contributed by atoms with Crippen LogP contribution in [-0.4, -0.2) is 54.2 Å². The first kappa shape index (κ1) is 15.1. The highest BCUT2D eigenvalue weighted by Crippen LogP contribution is 2.17. The summed E-state index contributed by atoms with van der Waals surface area (Å²) in [7, 11) is 2.00. The number of nitrogens with zero attached hydrogens (tertiary/aromatic N) is 3. The normalized spacial score (nSPS) is 18.8. The summed E-state index contributed by atoms with van der Waals surface area (Å²) in [5.41, 5.74) is 1.78. The van der Waals surface area contributed by atoms with Crippen molar-refractivity contribution in [2.24, 2.45) is 0 Å². The van der Waals surface area contributed by atoms with E-state index in [1.807, 2.05) is 19.3 Å². The fourth-order valence-corrected chi connectivity index (χ4v) is 2.66. The molecule has 3 rings (SSSR count). The average molecular weight is 305 g/mol. The second kappa shape index (κ2) is 7.00. The Morgan fingerprint density at radius 1 is 1.41 bits per heavy atom. The van der Waals surface area contributed by atoms with Crippen LogP contribution in [-0.2, 0) is 16.0 Å². The maximum atomic E-state index is 13.6. The minimum absolute atomic E-state index is 0.0699. The van der Waals surface area contributed by atoms with Crippen LogP contribution >= 0.6 is 0 Å². The number of benzene rings is 1. The van der Waals surface area contributed by atoms with Gasteiger partial charge in [0.2, 0.25) is 0 Å². The molecule has 0 aliphatic carbocycles. The van der Waals surface area contributed by atoms with Crippen molar-refractivity contribution < 1.29 is 13.9 Å². The summed E-state index contributed by atoms with van der Waals surface area (Å²) in [6.45, 7) is 3.27. The van der Waals surface area contributed by atoms with Gasteiger partial charge in [-0.2, -0.15) is 5.10 Å². The Morgan fingerprint density at radius 3 is 3.05 bits per heavy atom. The van der Waals surface area contributed by atoms with Gasteiger partial charge in [-0.25, -0.2) is 9.07 Å². The molecule has 0 bridgehead atoms. The van der Waals surface area contributed by atoms with Crippen molar-refractivity contribution in [3.05, 3.63) is 48.0 Å². The van der Waals surface area contributed by atoms with Gasteiger partial charge in [-0.15, -0.1) is 0 Å². The molecule has 0 N–H and O–H groups in total. The summed E-state index contributed by atoms with van der Waals surface area (Å²) in [6.07, 6.45) is 3.64. The third-order valence-electron chi connectivity index (χ3n) is 3.63. The largest absolute Gasteiger partial charge is 0.376 e. The molecule has 6 heteroatoms. The highest BCUT2D eigenvalue weighted by Gasteiger charge is 2.17. The first-order valence-corrected chi connectivity index (χ1v) is 7.39. The molecule has 1 aromatic carbocycles. The van der Waals surface area contributed by atoms with Crippen LogP contribution in [0.2, 0.25) is 0 Å². The predicted molar refractivity (Wildman–Crippen MR) is 80.4 cm³/mol. The molecule has 1 unspecified atom stereocenters. The molecule has 1 fully saturated rings. The second-order valence-electron chi connectivity index (χ2n) is 5.49. The van der Waals surface area contributed by atoms with Crippen molar-refractivity contribution in [1.29, 1.82) is 0 Å². The third kappa shape index (κ3) is 3.71. The van der Waals surface area contributed by atoms with E-state index >= 15 is 0 Å². The molecule has 1 saturated heterocycles. The van der Waals surface area contributed by atoms with E-state index in [9.17, 15) is 4.39 Å². The Hall–Kier alpha value is -1.76. The number of halogens is 1. The summed E-state index contributed by atoms with van der Waals surface area (Å²) in [6, 6.07) is 6.63. The molecule has 5 nitrogen and oxygen atoms in total. The van der Waals surface area contributed by atoms with Gasteiger partial charge in [0.05, 0.1) is 31.6 Å². The van der Waals surface area contributed by atoms with Crippen molar-refractivity contribution in [2.45, 2.75) is 12.6 Å². The Bertz CT molecular complexity index is 597. The molecule has 22 heavy (non-hydrogen) atoms. The number of ether oxygens (including phenoxy) is 2. The topological polar surface area (TPSA) is 39.5 Å². The van der Waals surface area contributed by atoms with Crippen molar-refractivity contribution in [3.63, 3.8) is 0 Å². The van der Waals surface area contributed by atoms with Gasteiger partial charge >= 0.3 is 0 Å². The molecule has 0 saturated carbocycles. The van der Waals surface area contributed by atoms with Crippen LogP contribution in [0.4, 0.5) is 4.39 Å².